The van der Waals surface area contributed by atoms with E-state index in [0.29, 0.717) is 11.8 Å². The van der Waals surface area contributed by atoms with Crippen LogP contribution in [-0.4, -0.2) is 11.7 Å². The van der Waals surface area contributed by atoms with Gasteiger partial charge in [-0.05, 0) is 54.5 Å². The van der Waals surface area contributed by atoms with Gasteiger partial charge in [0.25, 0.3) is 0 Å². The van der Waals surface area contributed by atoms with Crippen molar-refractivity contribution in [1.82, 2.24) is 0 Å². The monoisotopic (exact) mass is 265 g/mol. The summed E-state index contributed by atoms with van der Waals surface area (Å²) < 4.78 is 0. The number of para-hydroxylation sites is 1. The van der Waals surface area contributed by atoms with Crippen molar-refractivity contribution < 1.29 is 5.11 Å². The van der Waals surface area contributed by atoms with Crippen molar-refractivity contribution in [3.8, 4) is 5.75 Å². The Bertz CT molecular complexity index is 650. The van der Waals surface area contributed by atoms with Gasteiger partial charge in [0.1, 0.15) is 5.75 Å². The van der Waals surface area contributed by atoms with Crippen LogP contribution in [0.5, 0.6) is 5.75 Å². The molecule has 0 saturated heterocycles. The average Bonchev–Trinajstić information content (AvgIpc) is 2.92. The molecule has 2 nitrogen and oxygen atoms in total. The first kappa shape index (κ1) is 11.8. The predicted octanol–water partition coefficient (Wildman–Crippen LogP) is 3.83. The molecule has 1 N–H and O–H groups in total. The molecule has 0 radical (unpaired) electrons. The van der Waals surface area contributed by atoms with Crippen LogP contribution in [-0.2, 0) is 12.8 Å². The van der Waals surface area contributed by atoms with Crippen LogP contribution >= 0.6 is 0 Å². The standard InChI is InChI=1S/C18H19NO/c20-18-9-3-7-14-15(18)10-11-17(14)19-12-4-6-13-5-1-2-8-16(13)19/h1-3,5,7-9,17,20H,4,6,10-12H2. The first-order valence-corrected chi connectivity index (χ1v) is 7.50. The fourth-order valence-corrected chi connectivity index (χ4v) is 3.82. The van der Waals surface area contributed by atoms with E-state index in [1.165, 1.54) is 29.7 Å². The van der Waals surface area contributed by atoms with E-state index >= 15 is 0 Å². The molecule has 20 heavy (non-hydrogen) atoms. The first-order valence-electron chi connectivity index (χ1n) is 7.50. The summed E-state index contributed by atoms with van der Waals surface area (Å²) in [4.78, 5) is 2.55. The second-order valence-electron chi connectivity index (χ2n) is 5.83. The third-order valence-electron chi connectivity index (χ3n) is 4.74. The molecule has 0 fully saturated rings. The number of phenolic OH excluding ortho intramolecular Hbond substituents is 1. The number of anilines is 1. The zero-order valence-electron chi connectivity index (χ0n) is 11.5. The van der Waals surface area contributed by atoms with Crippen molar-refractivity contribution in [3.63, 3.8) is 0 Å². The lowest BCUT2D eigenvalue weighted by Crippen LogP contribution is -2.32. The number of hydrogen-bond acceptors (Lipinski definition) is 2. The van der Waals surface area contributed by atoms with Gasteiger partial charge in [-0.2, -0.15) is 0 Å². The summed E-state index contributed by atoms with van der Waals surface area (Å²) in [6.07, 6.45) is 4.51. The molecule has 1 aliphatic carbocycles. The zero-order valence-corrected chi connectivity index (χ0v) is 11.5. The van der Waals surface area contributed by atoms with Crippen molar-refractivity contribution >= 4 is 5.69 Å². The van der Waals surface area contributed by atoms with Gasteiger partial charge in [-0.1, -0.05) is 30.3 Å². The Labute approximate surface area is 119 Å². The molecule has 2 aromatic carbocycles. The quantitative estimate of drug-likeness (QED) is 0.847. The molecule has 2 aromatic rings. The first-order chi connectivity index (χ1) is 9.84. The van der Waals surface area contributed by atoms with Crippen LogP contribution in [0.25, 0.3) is 0 Å². The smallest absolute Gasteiger partial charge is 0.119 e. The van der Waals surface area contributed by atoms with Gasteiger partial charge in [0.2, 0.25) is 0 Å². The summed E-state index contributed by atoms with van der Waals surface area (Å²) in [6.45, 7) is 1.12. The molecule has 1 atom stereocenters. The maximum absolute atomic E-state index is 10.0. The van der Waals surface area contributed by atoms with Crippen LogP contribution < -0.4 is 4.90 Å². The largest absolute Gasteiger partial charge is 0.508 e. The third kappa shape index (κ3) is 1.71. The molecule has 102 valence electrons. The van der Waals surface area contributed by atoms with Crippen LogP contribution in [0.1, 0.15) is 35.6 Å². The number of rotatable bonds is 1. The number of aromatic hydroxyl groups is 1. The van der Waals surface area contributed by atoms with Crippen molar-refractivity contribution in [2.45, 2.75) is 31.7 Å². The molecule has 0 amide bonds. The van der Waals surface area contributed by atoms with Gasteiger partial charge in [-0.3, -0.25) is 0 Å². The molecule has 1 unspecified atom stereocenters. The summed E-state index contributed by atoms with van der Waals surface area (Å²) in [6, 6.07) is 15.2. The highest BCUT2D eigenvalue weighted by Crippen LogP contribution is 2.43. The molecule has 2 heteroatoms. The molecule has 1 aliphatic heterocycles. The fraction of sp³-hybridized carbons (Fsp3) is 0.333. The number of benzene rings is 2. The highest BCUT2D eigenvalue weighted by Gasteiger charge is 2.31. The lowest BCUT2D eigenvalue weighted by Gasteiger charge is -2.36. The molecule has 1 heterocycles. The summed E-state index contributed by atoms with van der Waals surface area (Å²) >= 11 is 0. The second kappa shape index (κ2) is 4.55. The minimum Gasteiger partial charge on any atom is -0.508 e. The van der Waals surface area contributed by atoms with E-state index in [9.17, 15) is 5.11 Å². The lowest BCUT2D eigenvalue weighted by molar-refractivity contribution is 0.469. The number of hydrogen-bond donors (Lipinski definition) is 1. The molecule has 0 aromatic heterocycles. The third-order valence-corrected chi connectivity index (χ3v) is 4.74. The number of fused-ring (bicyclic) bond motifs is 2. The maximum atomic E-state index is 10.0. The Kier molecular flexibility index (Phi) is 2.69. The minimum atomic E-state index is 0.429. The highest BCUT2D eigenvalue weighted by atomic mass is 16.3. The molecule has 0 bridgehead atoms. The van der Waals surface area contributed by atoms with Gasteiger partial charge in [-0.15, -0.1) is 0 Å². The van der Waals surface area contributed by atoms with Crippen molar-refractivity contribution in [1.29, 1.82) is 0 Å². The van der Waals surface area contributed by atoms with Gasteiger partial charge < -0.3 is 10.0 Å². The molecule has 2 aliphatic rings. The van der Waals surface area contributed by atoms with Crippen molar-refractivity contribution in [2.24, 2.45) is 0 Å². The highest BCUT2D eigenvalue weighted by molar-refractivity contribution is 5.59. The van der Waals surface area contributed by atoms with E-state index in [2.05, 4.69) is 35.2 Å². The average molecular weight is 265 g/mol. The SMILES string of the molecule is Oc1cccc2c1CCC2N1CCCc2ccccc21. The Hall–Kier alpha value is -1.96. The Morgan fingerprint density at radius 3 is 2.85 bits per heavy atom. The Morgan fingerprint density at radius 2 is 1.90 bits per heavy atom. The van der Waals surface area contributed by atoms with E-state index < -0.39 is 0 Å². The van der Waals surface area contributed by atoms with Gasteiger partial charge in [0.05, 0.1) is 6.04 Å². The van der Waals surface area contributed by atoms with Crippen LogP contribution in [0.3, 0.4) is 0 Å². The van der Waals surface area contributed by atoms with Crippen LogP contribution in [0.2, 0.25) is 0 Å². The molecule has 4 rings (SSSR count). The van der Waals surface area contributed by atoms with Crippen molar-refractivity contribution in [3.05, 3.63) is 59.2 Å². The maximum Gasteiger partial charge on any atom is 0.119 e. The molecular formula is C18H19NO. The van der Waals surface area contributed by atoms with E-state index in [1.807, 2.05) is 12.1 Å². The van der Waals surface area contributed by atoms with Crippen LogP contribution in [0, 0.1) is 0 Å². The van der Waals surface area contributed by atoms with E-state index in [0.717, 1.165) is 24.9 Å². The predicted molar refractivity (Wildman–Crippen MR) is 81.3 cm³/mol. The molecule has 0 saturated carbocycles. The second-order valence-corrected chi connectivity index (χ2v) is 5.83. The van der Waals surface area contributed by atoms with Crippen LogP contribution in [0.4, 0.5) is 5.69 Å². The van der Waals surface area contributed by atoms with Gasteiger partial charge in [0.15, 0.2) is 0 Å². The number of phenols is 1. The normalized spacial score (nSPS) is 20.6. The summed E-state index contributed by atoms with van der Waals surface area (Å²) in [5, 5.41) is 10.0. The van der Waals surface area contributed by atoms with Gasteiger partial charge in [0, 0.05) is 12.2 Å². The Morgan fingerprint density at radius 1 is 1.00 bits per heavy atom. The number of aryl methyl sites for hydroxylation is 1. The van der Waals surface area contributed by atoms with E-state index in [4.69, 9.17) is 0 Å². The van der Waals surface area contributed by atoms with Gasteiger partial charge >= 0.3 is 0 Å². The summed E-state index contributed by atoms with van der Waals surface area (Å²) in [7, 11) is 0. The molecule has 0 spiro atoms. The summed E-state index contributed by atoms with van der Waals surface area (Å²) in [5.41, 5.74) is 5.33. The minimum absolute atomic E-state index is 0.429. The van der Waals surface area contributed by atoms with E-state index in [-0.39, 0.29) is 0 Å². The zero-order chi connectivity index (χ0) is 13.5. The van der Waals surface area contributed by atoms with Gasteiger partial charge in [-0.25, -0.2) is 0 Å². The molecular weight excluding hydrogens is 246 g/mol. The fourth-order valence-electron chi connectivity index (χ4n) is 3.82. The van der Waals surface area contributed by atoms with Crippen molar-refractivity contribution in [2.75, 3.05) is 11.4 Å². The van der Waals surface area contributed by atoms with Crippen LogP contribution in [0.15, 0.2) is 42.5 Å². The Balaban J connectivity index is 1.77. The number of nitrogens with zero attached hydrogens (tertiary/aromatic N) is 1. The van der Waals surface area contributed by atoms with E-state index in [1.54, 1.807) is 0 Å². The topological polar surface area (TPSA) is 23.5 Å². The lowest BCUT2D eigenvalue weighted by atomic mass is 9.98. The summed E-state index contributed by atoms with van der Waals surface area (Å²) in [5.74, 6) is 0.468.